The molecule has 1 aromatic heterocycles. The maximum atomic E-state index is 12.4. The average Bonchev–Trinajstić information content (AvgIpc) is 2.37. The molecule has 8 heteroatoms. The maximum absolute atomic E-state index is 12.4. The van der Waals surface area contributed by atoms with Gasteiger partial charge in [-0.3, -0.25) is 14.9 Å². The number of nitro groups is 1. The Kier molecular flexibility index (Phi) is 4.20. The molecule has 1 aromatic rings. The summed E-state index contributed by atoms with van der Waals surface area (Å²) in [7, 11) is 0. The van der Waals surface area contributed by atoms with Gasteiger partial charge in [0.2, 0.25) is 0 Å². The molecule has 2 rings (SSSR count). The number of nitrogens with one attached hydrogen (secondary N) is 1. The molecule has 108 valence electrons. The first kappa shape index (κ1) is 14.7. The molecule has 0 bridgehead atoms. The fraction of sp³-hybridized carbons (Fsp3) is 0.500. The van der Waals surface area contributed by atoms with Gasteiger partial charge in [-0.1, -0.05) is 11.6 Å². The van der Waals surface area contributed by atoms with Crippen molar-refractivity contribution in [2.45, 2.75) is 25.9 Å². The summed E-state index contributed by atoms with van der Waals surface area (Å²) >= 11 is 5.89. The summed E-state index contributed by atoms with van der Waals surface area (Å²) in [6, 6.07) is 1.50. The van der Waals surface area contributed by atoms with Gasteiger partial charge in [-0.05, 0) is 13.8 Å². The third kappa shape index (κ3) is 3.05. The Balaban J connectivity index is 2.28. The summed E-state index contributed by atoms with van der Waals surface area (Å²) in [6.07, 6.45) is 1.04. The largest absolute Gasteiger partial charge is 0.335 e. The van der Waals surface area contributed by atoms with Gasteiger partial charge in [0.25, 0.3) is 11.6 Å². The zero-order valence-corrected chi connectivity index (χ0v) is 11.9. The van der Waals surface area contributed by atoms with Gasteiger partial charge < -0.3 is 10.2 Å². The van der Waals surface area contributed by atoms with Gasteiger partial charge in [-0.15, -0.1) is 0 Å². The van der Waals surface area contributed by atoms with E-state index in [1.165, 1.54) is 6.07 Å². The quantitative estimate of drug-likeness (QED) is 0.507. The monoisotopic (exact) mass is 298 g/mol. The van der Waals surface area contributed by atoms with Crippen LogP contribution < -0.4 is 5.32 Å². The lowest BCUT2D eigenvalue weighted by Gasteiger charge is -2.36. The number of carbonyl (C=O) groups excluding carboxylic acids is 1. The molecule has 0 saturated carbocycles. The summed E-state index contributed by atoms with van der Waals surface area (Å²) in [6.45, 7) is 5.01. The molecular formula is C12H15ClN4O3. The van der Waals surface area contributed by atoms with Crippen LogP contribution in [0.5, 0.6) is 0 Å². The van der Waals surface area contributed by atoms with Gasteiger partial charge in [0.1, 0.15) is 11.3 Å². The number of nitrogens with zero attached hydrogens (tertiary/aromatic N) is 3. The molecule has 1 aliphatic heterocycles. The molecule has 0 aromatic carbocycles. The first-order valence-corrected chi connectivity index (χ1v) is 6.61. The third-order valence-electron chi connectivity index (χ3n) is 3.11. The van der Waals surface area contributed by atoms with Gasteiger partial charge in [-0.25, -0.2) is 4.98 Å². The number of halogens is 1. The number of rotatable bonds is 2. The van der Waals surface area contributed by atoms with Crippen LogP contribution in [-0.2, 0) is 0 Å². The molecular weight excluding hydrogens is 284 g/mol. The molecule has 1 aliphatic rings. The molecule has 1 saturated heterocycles. The van der Waals surface area contributed by atoms with Crippen molar-refractivity contribution in [3.63, 3.8) is 0 Å². The summed E-state index contributed by atoms with van der Waals surface area (Å²) in [4.78, 5) is 28.0. The standard InChI is InChI=1S/C12H15ClN4O3/c1-7-5-16(6-8(2)15-7)12(18)10-3-9(17(19)20)4-14-11(10)13/h3-4,7-8,15H,5-6H2,1-2H3. The first-order chi connectivity index (χ1) is 9.38. The van der Waals surface area contributed by atoms with Crippen LogP contribution in [0.15, 0.2) is 12.3 Å². The molecule has 2 unspecified atom stereocenters. The number of pyridine rings is 1. The second-order valence-corrected chi connectivity index (χ2v) is 5.33. The summed E-state index contributed by atoms with van der Waals surface area (Å²) in [5.41, 5.74) is -0.170. The van der Waals surface area contributed by atoms with E-state index in [2.05, 4.69) is 10.3 Å². The highest BCUT2D eigenvalue weighted by Crippen LogP contribution is 2.21. The van der Waals surface area contributed by atoms with E-state index in [4.69, 9.17) is 11.6 Å². The van der Waals surface area contributed by atoms with E-state index < -0.39 is 4.92 Å². The van der Waals surface area contributed by atoms with Crippen molar-refractivity contribution in [1.82, 2.24) is 15.2 Å². The Labute approximate surface area is 121 Å². The second kappa shape index (κ2) is 5.72. The maximum Gasteiger partial charge on any atom is 0.288 e. The molecule has 0 spiro atoms. The highest BCUT2D eigenvalue weighted by atomic mass is 35.5. The number of piperazine rings is 1. The van der Waals surface area contributed by atoms with E-state index in [9.17, 15) is 14.9 Å². The van der Waals surface area contributed by atoms with Crippen LogP contribution in [-0.4, -0.2) is 45.9 Å². The SMILES string of the molecule is CC1CN(C(=O)c2cc([N+](=O)[O-])cnc2Cl)CC(C)N1. The van der Waals surface area contributed by atoms with Crippen LogP contribution in [0.4, 0.5) is 5.69 Å². The van der Waals surface area contributed by atoms with Gasteiger partial charge in [0, 0.05) is 31.2 Å². The Bertz CT molecular complexity index is 542. The van der Waals surface area contributed by atoms with Crippen molar-refractivity contribution in [2.24, 2.45) is 0 Å². The van der Waals surface area contributed by atoms with Crippen LogP contribution in [0.1, 0.15) is 24.2 Å². The van der Waals surface area contributed by atoms with E-state index >= 15 is 0 Å². The zero-order valence-electron chi connectivity index (χ0n) is 11.2. The predicted molar refractivity (Wildman–Crippen MR) is 73.9 cm³/mol. The predicted octanol–water partition coefficient (Wildman–Crippen LogP) is 1.47. The number of hydrogen-bond acceptors (Lipinski definition) is 5. The van der Waals surface area contributed by atoms with Crippen LogP contribution in [0, 0.1) is 10.1 Å². The second-order valence-electron chi connectivity index (χ2n) is 4.97. The van der Waals surface area contributed by atoms with E-state index in [1.54, 1.807) is 4.90 Å². The van der Waals surface area contributed by atoms with Crippen LogP contribution in [0.2, 0.25) is 5.15 Å². The lowest BCUT2D eigenvalue weighted by molar-refractivity contribution is -0.385. The molecule has 1 N–H and O–H groups in total. The van der Waals surface area contributed by atoms with Crippen molar-refractivity contribution in [3.05, 3.63) is 33.1 Å². The number of hydrogen-bond donors (Lipinski definition) is 1. The van der Waals surface area contributed by atoms with Crippen LogP contribution >= 0.6 is 11.6 Å². The minimum absolute atomic E-state index is 0.0144. The molecule has 0 aliphatic carbocycles. The Morgan fingerprint density at radius 3 is 2.65 bits per heavy atom. The normalized spacial score (nSPS) is 22.6. The minimum atomic E-state index is -0.594. The van der Waals surface area contributed by atoms with Crippen molar-refractivity contribution in [3.8, 4) is 0 Å². The molecule has 7 nitrogen and oxygen atoms in total. The molecule has 20 heavy (non-hydrogen) atoms. The van der Waals surface area contributed by atoms with Crippen molar-refractivity contribution in [2.75, 3.05) is 13.1 Å². The van der Waals surface area contributed by atoms with E-state index in [0.29, 0.717) is 13.1 Å². The fourth-order valence-electron chi connectivity index (χ4n) is 2.35. The van der Waals surface area contributed by atoms with Crippen molar-refractivity contribution < 1.29 is 9.72 Å². The molecule has 1 fully saturated rings. The molecule has 2 atom stereocenters. The van der Waals surface area contributed by atoms with Crippen LogP contribution in [0.25, 0.3) is 0 Å². The number of aromatic nitrogens is 1. The van der Waals surface area contributed by atoms with Crippen molar-refractivity contribution in [1.29, 1.82) is 0 Å². The Morgan fingerprint density at radius 1 is 1.50 bits per heavy atom. The van der Waals surface area contributed by atoms with Gasteiger partial charge in [0.15, 0.2) is 0 Å². The first-order valence-electron chi connectivity index (χ1n) is 6.23. The van der Waals surface area contributed by atoms with E-state index in [-0.39, 0.29) is 34.4 Å². The van der Waals surface area contributed by atoms with Gasteiger partial charge in [-0.2, -0.15) is 0 Å². The highest BCUT2D eigenvalue weighted by molar-refractivity contribution is 6.32. The molecule has 0 radical (unpaired) electrons. The topological polar surface area (TPSA) is 88.4 Å². The fourth-order valence-corrected chi connectivity index (χ4v) is 2.53. The smallest absolute Gasteiger partial charge is 0.288 e. The Hall–Kier alpha value is -1.73. The van der Waals surface area contributed by atoms with Gasteiger partial charge >= 0.3 is 0 Å². The summed E-state index contributed by atoms with van der Waals surface area (Å²) in [5, 5.41) is 14.0. The highest BCUT2D eigenvalue weighted by Gasteiger charge is 2.28. The minimum Gasteiger partial charge on any atom is -0.335 e. The average molecular weight is 299 g/mol. The Morgan fingerprint density at radius 2 is 2.10 bits per heavy atom. The number of amides is 1. The molecule has 1 amide bonds. The van der Waals surface area contributed by atoms with E-state index in [1.807, 2.05) is 13.8 Å². The van der Waals surface area contributed by atoms with E-state index in [0.717, 1.165) is 6.20 Å². The van der Waals surface area contributed by atoms with Crippen molar-refractivity contribution >= 4 is 23.2 Å². The lowest BCUT2D eigenvalue weighted by atomic mass is 10.1. The zero-order chi connectivity index (χ0) is 14.9. The summed E-state index contributed by atoms with van der Waals surface area (Å²) in [5.74, 6) is -0.327. The van der Waals surface area contributed by atoms with Crippen LogP contribution in [0.3, 0.4) is 0 Å². The third-order valence-corrected chi connectivity index (χ3v) is 3.41. The summed E-state index contributed by atoms with van der Waals surface area (Å²) < 4.78 is 0. The molecule has 2 heterocycles. The lowest BCUT2D eigenvalue weighted by Crippen LogP contribution is -2.55. The van der Waals surface area contributed by atoms with Gasteiger partial charge in [0.05, 0.1) is 10.5 Å². The number of carbonyl (C=O) groups is 1.